The Kier molecular flexibility index (Phi) is 26.9. The van der Waals surface area contributed by atoms with Crippen molar-refractivity contribution in [2.45, 2.75) is 0 Å². The van der Waals surface area contributed by atoms with E-state index in [1.54, 1.807) is 0 Å². The van der Waals surface area contributed by atoms with Gasteiger partial charge in [0.2, 0.25) is 0 Å². The normalized spacial score (nSPS) is 19.7. The molecule has 0 fully saturated rings. The SMILES string of the molecule is [C-]1=P[AsH]C=C1.[C-]1=P[AsH]C=C1.[Cl-].[Cl-].[Zr+4]. The Morgan fingerprint density at radius 1 is 0.846 bits per heavy atom. The number of rotatable bonds is 0. The van der Waals surface area contributed by atoms with Gasteiger partial charge in [-0.25, -0.2) is 0 Å². The van der Waals surface area contributed by atoms with Gasteiger partial charge in [0.25, 0.3) is 0 Å². The second-order valence-electron chi connectivity index (χ2n) is 1.41. The smallest absolute Gasteiger partial charge is 1.00 e. The van der Waals surface area contributed by atoms with E-state index in [0.717, 1.165) is 0 Å². The molecule has 2 unspecified atom stereocenters. The van der Waals surface area contributed by atoms with E-state index in [1.165, 1.54) is 13.5 Å². The van der Waals surface area contributed by atoms with Crippen molar-refractivity contribution in [1.29, 1.82) is 0 Å². The molecule has 0 saturated heterocycles. The fourth-order valence-corrected chi connectivity index (χ4v) is 5.81. The Balaban J connectivity index is -0.000000125. The van der Waals surface area contributed by atoms with Crippen molar-refractivity contribution < 1.29 is 51.0 Å². The molecule has 0 spiro atoms. The van der Waals surface area contributed by atoms with E-state index < -0.39 is 0 Å². The summed E-state index contributed by atoms with van der Waals surface area (Å²) in [4.78, 5) is 4.48. The maximum atomic E-state index is 3.07. The predicted octanol–water partition coefficient (Wildman–Crippen LogP) is -5.01. The molecule has 2 aliphatic rings. The molecule has 0 aromatic heterocycles. The van der Waals surface area contributed by atoms with Crippen molar-refractivity contribution in [1.82, 2.24) is 0 Å². The number of allylic oxidation sites excluding steroid dienone is 2. The first-order valence-corrected chi connectivity index (χ1v) is 12.6. The van der Waals surface area contributed by atoms with Crippen LogP contribution in [0.2, 0.25) is 0 Å². The molecule has 0 radical (unpaired) electrons. The van der Waals surface area contributed by atoms with Crippen molar-refractivity contribution in [3.8, 4) is 0 Å². The van der Waals surface area contributed by atoms with E-state index >= 15 is 0 Å². The minimum atomic E-state index is 0. The fraction of sp³-hybridized carbons (Fsp3) is 0. The van der Waals surface area contributed by atoms with Crippen LogP contribution in [0.1, 0.15) is 0 Å². The van der Waals surface area contributed by atoms with Gasteiger partial charge in [0.05, 0.1) is 0 Å². The molecule has 2 aliphatic heterocycles. The number of hydrogen-bond donors (Lipinski definition) is 0. The third-order valence-corrected chi connectivity index (χ3v) is 7.66. The molecule has 0 bridgehead atoms. The summed E-state index contributed by atoms with van der Waals surface area (Å²) in [5.41, 5.74) is 0. The zero-order valence-electron chi connectivity index (χ0n) is 6.46. The molecule has 0 saturated carbocycles. The van der Waals surface area contributed by atoms with Gasteiger partial charge >= 0.3 is 104 Å². The molecule has 13 heavy (non-hydrogen) atoms. The van der Waals surface area contributed by atoms with Gasteiger partial charge < -0.3 is 24.8 Å². The van der Waals surface area contributed by atoms with Crippen LogP contribution in [0.15, 0.2) is 21.9 Å². The molecule has 0 nitrogen and oxygen atoms in total. The molecule has 0 aromatic carbocycles. The third-order valence-electron chi connectivity index (χ3n) is 0.723. The van der Waals surface area contributed by atoms with Gasteiger partial charge in [-0.3, -0.25) is 0 Å². The summed E-state index contributed by atoms with van der Waals surface area (Å²) in [5.74, 6) is 6.14. The molecule has 0 aromatic rings. The second kappa shape index (κ2) is 16.8. The van der Waals surface area contributed by atoms with Crippen LogP contribution >= 0.6 is 13.5 Å². The summed E-state index contributed by atoms with van der Waals surface area (Å²) in [6.45, 7) is 2.91. The fourth-order valence-electron chi connectivity index (χ4n) is 0.373. The third kappa shape index (κ3) is 14.4. The Morgan fingerprint density at radius 3 is 1.31 bits per heavy atom. The number of hydrogen-bond acceptors (Lipinski definition) is 0. The van der Waals surface area contributed by atoms with Gasteiger partial charge in [-0.2, -0.15) is 0 Å². The molecule has 7 heteroatoms. The molecular formula is C6H6As2Cl2P2Zr. The van der Waals surface area contributed by atoms with Crippen LogP contribution in [0.4, 0.5) is 0 Å². The molecular weight excluding hydrogens is 446 g/mol. The first-order chi connectivity index (χ1) is 5.00. The van der Waals surface area contributed by atoms with E-state index in [1.807, 2.05) is 12.2 Å². The van der Waals surface area contributed by atoms with E-state index in [0.29, 0.717) is 30.6 Å². The second-order valence-corrected chi connectivity index (χ2v) is 10.4. The van der Waals surface area contributed by atoms with Crippen LogP contribution in [-0.2, 0) is 26.2 Å². The number of halogens is 2. The maximum absolute atomic E-state index is 3.07. The van der Waals surface area contributed by atoms with Crippen molar-refractivity contribution in [3.63, 3.8) is 0 Å². The van der Waals surface area contributed by atoms with Gasteiger partial charge in [0.15, 0.2) is 0 Å². The quantitative estimate of drug-likeness (QED) is 0.197. The van der Waals surface area contributed by atoms with Crippen LogP contribution in [0.3, 0.4) is 0 Å². The largest absolute Gasteiger partial charge is 4.00 e. The monoisotopic (exact) mass is 450 g/mol. The summed E-state index contributed by atoms with van der Waals surface area (Å²) in [6, 6.07) is 0. The van der Waals surface area contributed by atoms with E-state index in [-0.39, 0.29) is 51.0 Å². The average molecular weight is 452 g/mol. The van der Waals surface area contributed by atoms with Gasteiger partial charge in [-0.05, 0) is 0 Å². The minimum Gasteiger partial charge on any atom is -1.00 e. The molecule has 68 valence electrons. The average Bonchev–Trinajstić information content (AvgIpc) is 2.67. The van der Waals surface area contributed by atoms with Crippen LogP contribution in [0.25, 0.3) is 0 Å². The summed E-state index contributed by atoms with van der Waals surface area (Å²) in [5, 5.41) is 0. The van der Waals surface area contributed by atoms with Crippen LogP contribution in [-0.4, -0.2) is 42.2 Å². The van der Waals surface area contributed by atoms with E-state index in [4.69, 9.17) is 0 Å². The van der Waals surface area contributed by atoms with E-state index in [9.17, 15) is 0 Å². The maximum Gasteiger partial charge on any atom is 4.00 e. The van der Waals surface area contributed by atoms with Crippen molar-refractivity contribution >= 4 is 55.7 Å². The standard InChI is InChI=1S/2C3H3AsP.2ClH.Zr/c2*1-2-4-5-3-1;;;/h2*1-2,4H;2*1H;/q2*-1;;;+4/p-2. The molecule has 2 rings (SSSR count). The van der Waals surface area contributed by atoms with Crippen LogP contribution in [0.5, 0.6) is 0 Å². The summed E-state index contributed by atoms with van der Waals surface area (Å²) >= 11 is 0.639. The van der Waals surface area contributed by atoms with Crippen molar-refractivity contribution in [3.05, 3.63) is 21.9 Å². The van der Waals surface area contributed by atoms with Gasteiger partial charge in [0.1, 0.15) is 0 Å². The zero-order valence-corrected chi connectivity index (χ0v) is 16.4. The van der Waals surface area contributed by atoms with Crippen LogP contribution < -0.4 is 24.8 Å². The first kappa shape index (κ1) is 20.8. The molecule has 0 amide bonds. The molecule has 0 aliphatic carbocycles. The predicted molar refractivity (Wildman–Crippen MR) is 56.4 cm³/mol. The Morgan fingerprint density at radius 2 is 1.23 bits per heavy atom. The summed E-state index contributed by atoms with van der Waals surface area (Å²) < 4.78 is 0. The summed E-state index contributed by atoms with van der Waals surface area (Å²) in [7, 11) is 0. The first-order valence-electron chi connectivity index (χ1n) is 2.72. The molecule has 2 atom stereocenters. The topological polar surface area (TPSA) is 0 Å². The van der Waals surface area contributed by atoms with E-state index in [2.05, 4.69) is 21.3 Å². The summed E-state index contributed by atoms with van der Waals surface area (Å²) in [6.07, 6.45) is 4.06. The molecule has 2 heterocycles. The minimum absolute atomic E-state index is 0. The Labute approximate surface area is 127 Å². The van der Waals surface area contributed by atoms with Gasteiger partial charge in [-0.15, -0.1) is 0 Å². The van der Waals surface area contributed by atoms with Crippen LogP contribution in [0, 0.1) is 0 Å². The van der Waals surface area contributed by atoms with Crippen molar-refractivity contribution in [2.75, 3.05) is 0 Å². The van der Waals surface area contributed by atoms with Gasteiger partial charge in [0, 0.05) is 0 Å². The van der Waals surface area contributed by atoms with Gasteiger partial charge in [-0.1, -0.05) is 0 Å². The van der Waals surface area contributed by atoms with Crippen molar-refractivity contribution in [2.24, 2.45) is 0 Å². The molecule has 0 N–H and O–H groups in total. The Bertz CT molecular complexity index is 165. The Hall–Kier alpha value is 2.40. The zero-order chi connectivity index (χ0) is 7.07.